The van der Waals surface area contributed by atoms with Crippen LogP contribution in [0.15, 0.2) is 95.5 Å². The summed E-state index contributed by atoms with van der Waals surface area (Å²) in [6, 6.07) is 32.9. The molecule has 0 saturated heterocycles. The van der Waals surface area contributed by atoms with Gasteiger partial charge in [0.15, 0.2) is 0 Å². The second kappa shape index (κ2) is 5.72. The van der Waals surface area contributed by atoms with E-state index in [2.05, 4.69) is 107 Å². The predicted molar refractivity (Wildman–Crippen MR) is 112 cm³/mol. The summed E-state index contributed by atoms with van der Waals surface area (Å²) >= 11 is 3.56. The fourth-order valence-electron chi connectivity index (χ4n) is 3.59. The van der Waals surface area contributed by atoms with Crippen LogP contribution in [-0.4, -0.2) is 0 Å². The van der Waals surface area contributed by atoms with Gasteiger partial charge in [-0.05, 0) is 67.7 Å². The molecule has 0 unspecified atom stereocenters. The number of benzene rings is 5. The fraction of sp³-hybridized carbons (Fsp3) is 0. The standard InChI is InChI=1S/C24H15Br/c25-22-10-12-24-21(15-22)8-7-20-14-19(9-11-23(20)24)18-6-5-16-3-1-2-4-17(16)13-18/h1-15H. The van der Waals surface area contributed by atoms with Crippen LogP contribution in [0.4, 0.5) is 0 Å². The molecule has 5 aromatic rings. The van der Waals surface area contributed by atoms with E-state index in [1.807, 2.05) is 0 Å². The van der Waals surface area contributed by atoms with Crippen molar-refractivity contribution in [2.45, 2.75) is 0 Å². The van der Waals surface area contributed by atoms with Gasteiger partial charge in [-0.25, -0.2) is 0 Å². The molecule has 0 radical (unpaired) electrons. The predicted octanol–water partition coefficient (Wildman–Crippen LogP) is 7.58. The molecule has 25 heavy (non-hydrogen) atoms. The molecule has 5 aromatic carbocycles. The quantitative estimate of drug-likeness (QED) is 0.262. The van der Waals surface area contributed by atoms with Crippen molar-refractivity contribution in [2.24, 2.45) is 0 Å². The SMILES string of the molecule is Brc1ccc2c(ccc3cc(-c4ccc5ccccc5c4)ccc32)c1. The second-order valence-electron chi connectivity index (χ2n) is 6.43. The molecule has 0 amide bonds. The van der Waals surface area contributed by atoms with Crippen molar-refractivity contribution in [1.82, 2.24) is 0 Å². The topological polar surface area (TPSA) is 0 Å². The van der Waals surface area contributed by atoms with Crippen molar-refractivity contribution in [3.63, 3.8) is 0 Å². The summed E-state index contributed by atoms with van der Waals surface area (Å²) in [5.74, 6) is 0. The summed E-state index contributed by atoms with van der Waals surface area (Å²) < 4.78 is 1.12. The van der Waals surface area contributed by atoms with Crippen LogP contribution in [0.2, 0.25) is 0 Å². The highest BCUT2D eigenvalue weighted by Gasteiger charge is 2.05. The Kier molecular flexibility index (Phi) is 3.36. The molecule has 0 aliphatic rings. The summed E-state index contributed by atoms with van der Waals surface area (Å²) in [4.78, 5) is 0. The van der Waals surface area contributed by atoms with Gasteiger partial charge in [-0.15, -0.1) is 0 Å². The van der Waals surface area contributed by atoms with E-state index in [4.69, 9.17) is 0 Å². The zero-order valence-corrected chi connectivity index (χ0v) is 15.1. The van der Waals surface area contributed by atoms with Gasteiger partial charge in [0.1, 0.15) is 0 Å². The first-order valence-corrected chi connectivity index (χ1v) is 9.18. The monoisotopic (exact) mass is 382 g/mol. The molecule has 0 atom stereocenters. The van der Waals surface area contributed by atoms with Gasteiger partial charge in [0, 0.05) is 4.47 Å². The van der Waals surface area contributed by atoms with Crippen molar-refractivity contribution in [1.29, 1.82) is 0 Å². The molecule has 0 fully saturated rings. The molecule has 118 valence electrons. The molecule has 1 heteroatoms. The fourth-order valence-corrected chi connectivity index (χ4v) is 3.97. The van der Waals surface area contributed by atoms with Crippen LogP contribution in [-0.2, 0) is 0 Å². The summed E-state index contributed by atoms with van der Waals surface area (Å²) in [7, 11) is 0. The van der Waals surface area contributed by atoms with Crippen molar-refractivity contribution >= 4 is 48.2 Å². The maximum absolute atomic E-state index is 3.56. The molecular formula is C24H15Br. The minimum Gasteiger partial charge on any atom is -0.0616 e. The Morgan fingerprint density at radius 1 is 0.440 bits per heavy atom. The molecule has 0 heterocycles. The van der Waals surface area contributed by atoms with Crippen molar-refractivity contribution in [3.8, 4) is 11.1 Å². The Morgan fingerprint density at radius 3 is 1.80 bits per heavy atom. The number of hydrogen-bond donors (Lipinski definition) is 0. The average Bonchev–Trinajstić information content (AvgIpc) is 2.66. The summed E-state index contributed by atoms with van der Waals surface area (Å²) in [6.45, 7) is 0. The Hall–Kier alpha value is -2.64. The van der Waals surface area contributed by atoms with Crippen LogP contribution in [0, 0.1) is 0 Å². The van der Waals surface area contributed by atoms with E-state index < -0.39 is 0 Å². The van der Waals surface area contributed by atoms with Gasteiger partial charge in [0.25, 0.3) is 0 Å². The molecule has 0 saturated carbocycles. The minimum atomic E-state index is 1.12. The number of rotatable bonds is 1. The third-order valence-electron chi connectivity index (χ3n) is 4.88. The van der Waals surface area contributed by atoms with E-state index in [1.165, 1.54) is 43.4 Å². The molecule has 0 N–H and O–H groups in total. The lowest BCUT2D eigenvalue weighted by Gasteiger charge is -2.08. The minimum absolute atomic E-state index is 1.12. The molecule has 0 aromatic heterocycles. The summed E-state index contributed by atoms with van der Waals surface area (Å²) in [5.41, 5.74) is 2.52. The van der Waals surface area contributed by atoms with E-state index in [1.54, 1.807) is 0 Å². The maximum atomic E-state index is 3.56. The van der Waals surface area contributed by atoms with Gasteiger partial charge in [-0.3, -0.25) is 0 Å². The lowest BCUT2D eigenvalue weighted by atomic mass is 9.96. The zero-order chi connectivity index (χ0) is 16.8. The third-order valence-corrected chi connectivity index (χ3v) is 5.37. The van der Waals surface area contributed by atoms with Crippen LogP contribution in [0.3, 0.4) is 0 Å². The number of hydrogen-bond acceptors (Lipinski definition) is 0. The first kappa shape index (κ1) is 14.7. The number of fused-ring (bicyclic) bond motifs is 4. The smallest absolute Gasteiger partial charge is 0.0181 e. The average molecular weight is 383 g/mol. The van der Waals surface area contributed by atoms with Crippen molar-refractivity contribution in [2.75, 3.05) is 0 Å². The van der Waals surface area contributed by atoms with Crippen LogP contribution >= 0.6 is 15.9 Å². The Morgan fingerprint density at radius 2 is 1.00 bits per heavy atom. The largest absolute Gasteiger partial charge is 0.0616 e. The van der Waals surface area contributed by atoms with Crippen molar-refractivity contribution in [3.05, 3.63) is 95.5 Å². The van der Waals surface area contributed by atoms with Gasteiger partial charge in [-0.1, -0.05) is 82.7 Å². The summed E-state index contributed by atoms with van der Waals surface area (Å²) in [5, 5.41) is 7.70. The van der Waals surface area contributed by atoms with Gasteiger partial charge < -0.3 is 0 Å². The van der Waals surface area contributed by atoms with E-state index in [9.17, 15) is 0 Å². The van der Waals surface area contributed by atoms with Gasteiger partial charge in [-0.2, -0.15) is 0 Å². The molecule has 0 spiro atoms. The first-order chi connectivity index (χ1) is 12.3. The van der Waals surface area contributed by atoms with Crippen molar-refractivity contribution < 1.29 is 0 Å². The van der Waals surface area contributed by atoms with Crippen LogP contribution in [0.1, 0.15) is 0 Å². The van der Waals surface area contributed by atoms with Crippen LogP contribution < -0.4 is 0 Å². The molecule has 0 nitrogen and oxygen atoms in total. The molecule has 5 rings (SSSR count). The van der Waals surface area contributed by atoms with Crippen LogP contribution in [0.5, 0.6) is 0 Å². The first-order valence-electron chi connectivity index (χ1n) is 8.39. The van der Waals surface area contributed by atoms with Gasteiger partial charge >= 0.3 is 0 Å². The Balaban J connectivity index is 1.71. The van der Waals surface area contributed by atoms with Gasteiger partial charge in [0.05, 0.1) is 0 Å². The van der Waals surface area contributed by atoms with E-state index >= 15 is 0 Å². The molecule has 0 aliphatic heterocycles. The normalized spacial score (nSPS) is 11.4. The highest BCUT2D eigenvalue weighted by molar-refractivity contribution is 9.10. The molecular weight excluding hydrogens is 368 g/mol. The van der Waals surface area contributed by atoms with E-state index in [0.29, 0.717) is 0 Å². The highest BCUT2D eigenvalue weighted by Crippen LogP contribution is 2.32. The lowest BCUT2D eigenvalue weighted by molar-refractivity contribution is 1.67. The second-order valence-corrected chi connectivity index (χ2v) is 7.34. The molecule has 0 bridgehead atoms. The molecule has 0 aliphatic carbocycles. The Bertz CT molecular complexity index is 1250. The number of halogens is 1. The van der Waals surface area contributed by atoms with Gasteiger partial charge in [0.2, 0.25) is 0 Å². The summed E-state index contributed by atoms with van der Waals surface area (Å²) in [6.07, 6.45) is 0. The Labute approximate surface area is 154 Å². The zero-order valence-electron chi connectivity index (χ0n) is 13.5. The van der Waals surface area contributed by atoms with E-state index in [0.717, 1.165) is 4.47 Å². The maximum Gasteiger partial charge on any atom is 0.0181 e. The van der Waals surface area contributed by atoms with E-state index in [-0.39, 0.29) is 0 Å². The highest BCUT2D eigenvalue weighted by atomic mass is 79.9. The van der Waals surface area contributed by atoms with Crippen LogP contribution in [0.25, 0.3) is 43.4 Å². The third kappa shape index (κ3) is 2.52. The lowest BCUT2D eigenvalue weighted by Crippen LogP contribution is -1.82.